The third-order valence-corrected chi connectivity index (χ3v) is 4.89. The molecule has 3 rings (SSSR count). The number of hydrazine groups is 1. The van der Waals surface area contributed by atoms with E-state index in [-0.39, 0.29) is 5.56 Å². The van der Waals surface area contributed by atoms with Crippen LogP contribution >= 0.6 is 0 Å². The highest BCUT2D eigenvalue weighted by Crippen LogP contribution is 2.22. The minimum absolute atomic E-state index is 0.180. The first-order chi connectivity index (χ1) is 12.8. The number of nitrogens with one attached hydrogen (secondary N) is 2. The Hall–Kier alpha value is -3.24. The third kappa shape index (κ3) is 3.96. The topological polar surface area (TPSA) is 113 Å². The number of hydrogen-bond donors (Lipinski definition) is 3. The Morgan fingerprint density at radius 3 is 2.70 bits per heavy atom. The summed E-state index contributed by atoms with van der Waals surface area (Å²) in [5, 5.41) is 13.4. The van der Waals surface area contributed by atoms with Crippen molar-refractivity contribution in [3.05, 3.63) is 71.8 Å². The summed E-state index contributed by atoms with van der Waals surface area (Å²) in [5.74, 6) is -2.86. The van der Waals surface area contributed by atoms with E-state index in [9.17, 15) is 22.7 Å². The maximum atomic E-state index is 13.8. The van der Waals surface area contributed by atoms with Crippen molar-refractivity contribution >= 4 is 15.9 Å². The number of aromatic hydroxyl groups is 1. The van der Waals surface area contributed by atoms with E-state index < -0.39 is 32.4 Å². The number of rotatable bonds is 5. The molecule has 0 radical (unpaired) electrons. The zero-order valence-corrected chi connectivity index (χ0v) is 14.9. The van der Waals surface area contributed by atoms with Crippen LogP contribution in [-0.2, 0) is 10.0 Å². The zero-order chi connectivity index (χ0) is 19.6. The summed E-state index contributed by atoms with van der Waals surface area (Å²) in [5.41, 5.74) is 3.59. The Labute approximate surface area is 154 Å². The van der Waals surface area contributed by atoms with E-state index in [1.54, 1.807) is 42.2 Å². The standard InChI is InChI=1S/C17H15FN4O4S/c1-11-8-12(10-13(9-11)22-7-3-6-19-22)17(24)20-21-27(25,26)15-5-2-4-14(23)16(15)18/h2-10,21,23H,1H3,(H,20,24). The van der Waals surface area contributed by atoms with E-state index in [4.69, 9.17) is 0 Å². The normalized spacial score (nSPS) is 11.3. The Bertz CT molecular complexity index is 1100. The maximum absolute atomic E-state index is 13.8. The van der Waals surface area contributed by atoms with Gasteiger partial charge in [0.25, 0.3) is 15.9 Å². The number of benzene rings is 2. The van der Waals surface area contributed by atoms with Gasteiger partial charge in [0.05, 0.1) is 5.69 Å². The molecule has 3 N–H and O–H groups in total. The number of halogens is 1. The Kier molecular flexibility index (Phi) is 4.93. The highest BCUT2D eigenvalue weighted by Gasteiger charge is 2.22. The predicted octanol–water partition coefficient (Wildman–Crippen LogP) is 1.65. The summed E-state index contributed by atoms with van der Waals surface area (Å²) in [6, 6.07) is 9.76. The molecule has 140 valence electrons. The van der Waals surface area contributed by atoms with Gasteiger partial charge >= 0.3 is 0 Å². The number of sulfonamides is 1. The van der Waals surface area contributed by atoms with E-state index in [0.717, 1.165) is 17.7 Å². The molecule has 1 aromatic heterocycles. The van der Waals surface area contributed by atoms with Gasteiger partial charge in [-0.3, -0.25) is 10.2 Å². The van der Waals surface area contributed by atoms with Gasteiger partial charge in [-0.15, -0.1) is 4.83 Å². The Balaban J connectivity index is 1.81. The van der Waals surface area contributed by atoms with E-state index in [2.05, 4.69) is 5.10 Å². The fourth-order valence-corrected chi connectivity index (χ4v) is 3.33. The fraction of sp³-hybridized carbons (Fsp3) is 0.0588. The number of aromatic nitrogens is 2. The lowest BCUT2D eigenvalue weighted by Gasteiger charge is -2.11. The lowest BCUT2D eigenvalue weighted by Crippen LogP contribution is -2.41. The van der Waals surface area contributed by atoms with Crippen LogP contribution in [0.5, 0.6) is 5.75 Å². The molecular weight excluding hydrogens is 375 g/mol. The van der Waals surface area contributed by atoms with Crippen molar-refractivity contribution in [2.45, 2.75) is 11.8 Å². The molecule has 3 aromatic rings. The molecule has 0 fully saturated rings. The van der Waals surface area contributed by atoms with Crippen LogP contribution < -0.4 is 10.3 Å². The molecule has 0 atom stereocenters. The van der Waals surface area contributed by atoms with Crippen LogP contribution in [0.4, 0.5) is 4.39 Å². The maximum Gasteiger partial charge on any atom is 0.266 e. The third-order valence-electron chi connectivity index (χ3n) is 3.62. The molecule has 0 aliphatic heterocycles. The van der Waals surface area contributed by atoms with Crippen LogP contribution in [0.3, 0.4) is 0 Å². The van der Waals surface area contributed by atoms with Crippen molar-refractivity contribution < 1.29 is 22.7 Å². The van der Waals surface area contributed by atoms with Gasteiger partial charge in [0, 0.05) is 18.0 Å². The number of amides is 1. The molecule has 2 aromatic carbocycles. The molecule has 0 saturated heterocycles. The van der Waals surface area contributed by atoms with Crippen LogP contribution in [0, 0.1) is 12.7 Å². The van der Waals surface area contributed by atoms with Crippen molar-refractivity contribution in [1.29, 1.82) is 0 Å². The van der Waals surface area contributed by atoms with E-state index in [1.807, 2.05) is 10.3 Å². The number of carbonyl (C=O) groups excluding carboxylic acids is 1. The van der Waals surface area contributed by atoms with E-state index in [0.29, 0.717) is 5.69 Å². The van der Waals surface area contributed by atoms with Crippen LogP contribution in [-0.4, -0.2) is 29.2 Å². The van der Waals surface area contributed by atoms with Gasteiger partial charge in [-0.1, -0.05) is 6.07 Å². The zero-order valence-electron chi connectivity index (χ0n) is 14.0. The highest BCUT2D eigenvalue weighted by molar-refractivity contribution is 7.89. The van der Waals surface area contributed by atoms with Gasteiger partial charge in [-0.05, 0) is 48.9 Å². The summed E-state index contributed by atoms with van der Waals surface area (Å²) in [6.07, 6.45) is 3.28. The minimum atomic E-state index is -4.41. The molecule has 1 heterocycles. The summed E-state index contributed by atoms with van der Waals surface area (Å²) < 4.78 is 39.7. The average Bonchev–Trinajstić information content (AvgIpc) is 3.16. The first kappa shape index (κ1) is 18.5. The quantitative estimate of drug-likeness (QED) is 0.574. The van der Waals surface area contributed by atoms with E-state index in [1.165, 1.54) is 12.1 Å². The molecular formula is C17H15FN4O4S. The van der Waals surface area contributed by atoms with E-state index >= 15 is 0 Å². The second-order valence-electron chi connectivity index (χ2n) is 5.66. The summed E-state index contributed by atoms with van der Waals surface area (Å²) >= 11 is 0. The molecule has 0 aliphatic carbocycles. The summed E-state index contributed by atoms with van der Waals surface area (Å²) in [6.45, 7) is 1.77. The Morgan fingerprint density at radius 2 is 2.00 bits per heavy atom. The SMILES string of the molecule is Cc1cc(C(=O)NNS(=O)(=O)c2cccc(O)c2F)cc(-n2cccn2)c1. The second-order valence-corrected chi connectivity index (χ2v) is 7.31. The fourth-order valence-electron chi connectivity index (χ4n) is 2.40. The van der Waals surface area contributed by atoms with Gasteiger partial charge in [-0.25, -0.2) is 17.5 Å². The summed E-state index contributed by atoms with van der Waals surface area (Å²) in [7, 11) is -4.41. The van der Waals surface area contributed by atoms with Gasteiger partial charge in [0.15, 0.2) is 11.6 Å². The first-order valence-corrected chi connectivity index (χ1v) is 9.17. The van der Waals surface area contributed by atoms with Gasteiger partial charge in [0.2, 0.25) is 0 Å². The van der Waals surface area contributed by atoms with Gasteiger partial charge in [0.1, 0.15) is 4.90 Å². The molecule has 0 saturated carbocycles. The second kappa shape index (κ2) is 7.17. The Morgan fingerprint density at radius 1 is 1.22 bits per heavy atom. The van der Waals surface area contributed by atoms with Crippen LogP contribution in [0.2, 0.25) is 0 Å². The number of aryl methyl sites for hydroxylation is 1. The van der Waals surface area contributed by atoms with Crippen molar-refractivity contribution in [2.75, 3.05) is 0 Å². The van der Waals surface area contributed by atoms with Gasteiger partial charge in [-0.2, -0.15) is 5.10 Å². The lowest BCUT2D eigenvalue weighted by atomic mass is 10.1. The molecule has 8 nitrogen and oxygen atoms in total. The number of carbonyl (C=O) groups is 1. The van der Waals surface area contributed by atoms with Crippen LogP contribution in [0.25, 0.3) is 5.69 Å². The minimum Gasteiger partial charge on any atom is -0.505 e. The monoisotopic (exact) mass is 390 g/mol. The van der Waals surface area contributed by atoms with Gasteiger partial charge < -0.3 is 5.11 Å². The molecule has 10 heteroatoms. The first-order valence-electron chi connectivity index (χ1n) is 7.69. The predicted molar refractivity (Wildman–Crippen MR) is 94.2 cm³/mol. The number of phenols is 1. The molecule has 0 aliphatic rings. The molecule has 0 bridgehead atoms. The average molecular weight is 390 g/mol. The molecule has 0 unspecified atom stereocenters. The molecule has 0 spiro atoms. The largest absolute Gasteiger partial charge is 0.505 e. The van der Waals surface area contributed by atoms with Crippen molar-refractivity contribution in [3.63, 3.8) is 0 Å². The smallest absolute Gasteiger partial charge is 0.266 e. The number of phenolic OH excluding ortho intramolecular Hbond substituents is 1. The van der Waals surface area contributed by atoms with Crippen molar-refractivity contribution in [2.24, 2.45) is 0 Å². The highest BCUT2D eigenvalue weighted by atomic mass is 32.2. The number of nitrogens with zero attached hydrogens (tertiary/aromatic N) is 2. The van der Waals surface area contributed by atoms with Crippen LogP contribution in [0.15, 0.2) is 59.8 Å². The van der Waals surface area contributed by atoms with Crippen molar-refractivity contribution in [1.82, 2.24) is 20.0 Å². The van der Waals surface area contributed by atoms with Crippen molar-refractivity contribution in [3.8, 4) is 11.4 Å². The lowest BCUT2D eigenvalue weighted by molar-refractivity contribution is 0.0945. The number of hydrogen-bond acceptors (Lipinski definition) is 5. The molecule has 27 heavy (non-hydrogen) atoms. The van der Waals surface area contributed by atoms with Crippen LogP contribution in [0.1, 0.15) is 15.9 Å². The molecule has 1 amide bonds. The summed E-state index contributed by atoms with van der Waals surface area (Å²) in [4.78, 5) is 13.4.